The predicted molar refractivity (Wildman–Crippen MR) is 70.8 cm³/mol. The smallest absolute Gasteiger partial charge is 0.320 e. The van der Waals surface area contributed by atoms with Gasteiger partial charge in [-0.15, -0.1) is 0 Å². The second-order valence-electron chi connectivity index (χ2n) is 4.56. The molecule has 0 unspecified atom stereocenters. The van der Waals surface area contributed by atoms with Crippen molar-refractivity contribution in [3.05, 3.63) is 0 Å². The van der Waals surface area contributed by atoms with Crippen LogP contribution in [0.3, 0.4) is 0 Å². The Labute approximate surface area is 113 Å². The van der Waals surface area contributed by atoms with E-state index < -0.39 is 5.97 Å². The summed E-state index contributed by atoms with van der Waals surface area (Å²) in [5.74, 6) is -1.11. The zero-order valence-corrected chi connectivity index (χ0v) is 12.0. The molecule has 0 aromatic rings. The molecule has 0 radical (unpaired) electrons. The van der Waals surface area contributed by atoms with Gasteiger partial charge in [-0.25, -0.2) is 4.79 Å². The molecule has 19 heavy (non-hydrogen) atoms. The van der Waals surface area contributed by atoms with Crippen molar-refractivity contribution < 1.29 is 19.5 Å². The first-order valence-electron chi connectivity index (χ1n) is 6.21. The molecule has 0 aromatic heterocycles. The van der Waals surface area contributed by atoms with E-state index in [9.17, 15) is 14.4 Å². The van der Waals surface area contributed by atoms with E-state index in [1.807, 2.05) is 6.92 Å². The lowest BCUT2D eigenvalue weighted by Crippen LogP contribution is -2.46. The fraction of sp³-hybridized carbons (Fsp3) is 0.750. The van der Waals surface area contributed by atoms with E-state index in [1.165, 1.54) is 21.7 Å². The summed E-state index contributed by atoms with van der Waals surface area (Å²) in [4.78, 5) is 38.4. The number of hydrogen-bond donors (Lipinski definition) is 1. The minimum atomic E-state index is -0.953. The van der Waals surface area contributed by atoms with Crippen LogP contribution in [0.4, 0.5) is 4.79 Å². The Morgan fingerprint density at radius 1 is 1.05 bits per heavy atom. The molecule has 0 aromatic carbocycles. The second-order valence-corrected chi connectivity index (χ2v) is 4.56. The minimum Gasteiger partial charge on any atom is -0.481 e. The van der Waals surface area contributed by atoms with E-state index in [0.29, 0.717) is 6.54 Å². The van der Waals surface area contributed by atoms with Crippen LogP contribution in [0.2, 0.25) is 0 Å². The molecule has 0 spiro atoms. The Balaban J connectivity index is 4.54. The van der Waals surface area contributed by atoms with Gasteiger partial charge in [-0.1, -0.05) is 6.92 Å². The molecule has 0 fully saturated rings. The standard InChI is InChI=1S/C12H23N3O4/c1-5-7-15(9-10(16)13(2)3)12(19)14(4)8-6-11(17)18/h5-9H2,1-4H3,(H,17,18). The number of likely N-dealkylation sites (N-methyl/N-ethyl adjacent to an activating group) is 1. The molecule has 3 amide bonds. The summed E-state index contributed by atoms with van der Waals surface area (Å²) in [6.45, 7) is 2.52. The summed E-state index contributed by atoms with van der Waals surface area (Å²) >= 11 is 0. The van der Waals surface area contributed by atoms with E-state index >= 15 is 0 Å². The van der Waals surface area contributed by atoms with E-state index in [0.717, 1.165) is 6.42 Å². The molecule has 0 saturated heterocycles. The van der Waals surface area contributed by atoms with Crippen LogP contribution in [0.5, 0.6) is 0 Å². The van der Waals surface area contributed by atoms with E-state index in [1.54, 1.807) is 14.1 Å². The summed E-state index contributed by atoms with van der Waals surface area (Å²) in [5.41, 5.74) is 0. The van der Waals surface area contributed by atoms with Crippen LogP contribution >= 0.6 is 0 Å². The number of nitrogens with zero attached hydrogens (tertiary/aromatic N) is 3. The van der Waals surface area contributed by atoms with Gasteiger partial charge in [-0.05, 0) is 6.42 Å². The van der Waals surface area contributed by atoms with Crippen LogP contribution in [0, 0.1) is 0 Å². The first kappa shape index (κ1) is 17.2. The summed E-state index contributed by atoms with van der Waals surface area (Å²) in [6.07, 6.45) is 0.628. The molecule has 0 saturated carbocycles. The summed E-state index contributed by atoms with van der Waals surface area (Å²) in [6, 6.07) is -0.321. The predicted octanol–water partition coefficient (Wildman–Crippen LogP) is 0.313. The molecule has 7 heteroatoms. The maximum atomic E-state index is 12.1. The average molecular weight is 273 g/mol. The largest absolute Gasteiger partial charge is 0.481 e. The first-order valence-corrected chi connectivity index (χ1v) is 6.21. The van der Waals surface area contributed by atoms with Gasteiger partial charge in [0.25, 0.3) is 0 Å². The highest BCUT2D eigenvalue weighted by molar-refractivity contribution is 5.84. The monoisotopic (exact) mass is 273 g/mol. The van der Waals surface area contributed by atoms with Crippen molar-refractivity contribution in [2.45, 2.75) is 19.8 Å². The van der Waals surface area contributed by atoms with E-state index in [-0.39, 0.29) is 31.4 Å². The molecule has 0 atom stereocenters. The van der Waals surface area contributed by atoms with Gasteiger partial charge in [-0.2, -0.15) is 0 Å². The van der Waals surface area contributed by atoms with Crippen LogP contribution < -0.4 is 0 Å². The fourth-order valence-corrected chi connectivity index (χ4v) is 1.42. The molecule has 0 aliphatic heterocycles. The zero-order valence-electron chi connectivity index (χ0n) is 12.0. The van der Waals surface area contributed by atoms with Crippen molar-refractivity contribution in [2.75, 3.05) is 40.8 Å². The number of amides is 3. The van der Waals surface area contributed by atoms with Gasteiger partial charge in [0.05, 0.1) is 6.42 Å². The van der Waals surface area contributed by atoms with Gasteiger partial charge in [0.2, 0.25) is 5.91 Å². The van der Waals surface area contributed by atoms with Crippen molar-refractivity contribution in [1.29, 1.82) is 0 Å². The highest BCUT2D eigenvalue weighted by Crippen LogP contribution is 2.01. The highest BCUT2D eigenvalue weighted by Gasteiger charge is 2.21. The molecule has 0 heterocycles. The summed E-state index contributed by atoms with van der Waals surface area (Å²) in [7, 11) is 4.80. The average Bonchev–Trinajstić information content (AvgIpc) is 2.34. The molecule has 0 aliphatic carbocycles. The molecule has 0 aliphatic rings. The third-order valence-electron chi connectivity index (χ3n) is 2.58. The van der Waals surface area contributed by atoms with Gasteiger partial charge in [0.15, 0.2) is 0 Å². The third-order valence-corrected chi connectivity index (χ3v) is 2.58. The lowest BCUT2D eigenvalue weighted by molar-refractivity contribution is -0.137. The first-order chi connectivity index (χ1) is 8.79. The molecule has 0 rings (SSSR count). The molecule has 110 valence electrons. The van der Waals surface area contributed by atoms with Crippen LogP contribution in [0.25, 0.3) is 0 Å². The van der Waals surface area contributed by atoms with Gasteiger partial charge in [0.1, 0.15) is 6.54 Å². The number of carbonyl (C=O) groups is 3. The lowest BCUT2D eigenvalue weighted by atomic mass is 10.3. The molecule has 1 N–H and O–H groups in total. The van der Waals surface area contributed by atoms with Crippen molar-refractivity contribution in [3.8, 4) is 0 Å². The fourth-order valence-electron chi connectivity index (χ4n) is 1.42. The van der Waals surface area contributed by atoms with Crippen LogP contribution in [0.15, 0.2) is 0 Å². The third kappa shape index (κ3) is 6.64. The SMILES string of the molecule is CCCN(CC(=O)N(C)C)C(=O)N(C)CCC(=O)O. The number of carboxylic acids is 1. The number of rotatable bonds is 7. The normalized spacial score (nSPS) is 9.89. The van der Waals surface area contributed by atoms with Gasteiger partial charge in [-0.3, -0.25) is 9.59 Å². The van der Waals surface area contributed by atoms with Crippen LogP contribution in [-0.2, 0) is 9.59 Å². The van der Waals surface area contributed by atoms with Gasteiger partial charge in [0, 0.05) is 34.2 Å². The lowest BCUT2D eigenvalue weighted by Gasteiger charge is -2.28. The quantitative estimate of drug-likeness (QED) is 0.724. The van der Waals surface area contributed by atoms with Crippen molar-refractivity contribution in [3.63, 3.8) is 0 Å². The maximum Gasteiger partial charge on any atom is 0.320 e. The highest BCUT2D eigenvalue weighted by atomic mass is 16.4. The van der Waals surface area contributed by atoms with Crippen LogP contribution in [-0.4, -0.2) is 78.5 Å². The Hall–Kier alpha value is -1.79. The maximum absolute atomic E-state index is 12.1. The number of urea groups is 1. The van der Waals surface area contributed by atoms with Crippen molar-refractivity contribution >= 4 is 17.9 Å². The van der Waals surface area contributed by atoms with E-state index in [4.69, 9.17) is 5.11 Å². The molecular weight excluding hydrogens is 250 g/mol. The van der Waals surface area contributed by atoms with Gasteiger partial charge < -0.3 is 19.8 Å². The minimum absolute atomic E-state index is 0.0110. The Morgan fingerprint density at radius 3 is 2.05 bits per heavy atom. The summed E-state index contributed by atoms with van der Waals surface area (Å²) < 4.78 is 0. The summed E-state index contributed by atoms with van der Waals surface area (Å²) in [5, 5.41) is 8.59. The Kier molecular flexibility index (Phi) is 7.55. The van der Waals surface area contributed by atoms with Gasteiger partial charge >= 0.3 is 12.0 Å². The topological polar surface area (TPSA) is 81.2 Å². The second kappa shape index (κ2) is 8.34. The number of hydrogen-bond acceptors (Lipinski definition) is 3. The molecule has 0 bridgehead atoms. The zero-order chi connectivity index (χ0) is 15.0. The van der Waals surface area contributed by atoms with Crippen molar-refractivity contribution in [2.24, 2.45) is 0 Å². The van der Waals surface area contributed by atoms with E-state index in [2.05, 4.69) is 0 Å². The number of carbonyl (C=O) groups excluding carboxylic acids is 2. The van der Waals surface area contributed by atoms with Crippen LogP contribution in [0.1, 0.15) is 19.8 Å². The number of carboxylic acid groups (broad SMARTS) is 1. The Morgan fingerprint density at radius 2 is 1.63 bits per heavy atom. The number of aliphatic carboxylic acids is 1. The molecule has 7 nitrogen and oxygen atoms in total. The van der Waals surface area contributed by atoms with Crippen molar-refractivity contribution in [1.82, 2.24) is 14.7 Å². The molecular formula is C12H23N3O4. The Bertz CT molecular complexity index is 331.